The largest absolute Gasteiger partial charge is 0.459 e. The first-order chi connectivity index (χ1) is 24.2. The number of aliphatic hydroxyl groups is 4. The number of carbonyl (C=O) groups excluding carboxylic acids is 2. The standard InChI is InChI=1S/C41H60O10/c1-27(2)21-34(44)29(4)25-48-40(47)33(43)18-13-14-19-37-41(6,26-42)38-24-32(50-37)17-10-7-9-15-28(3)22-36-30(5)35(45)23-31(49-36)16-11-8-12-20-39(46)51-38/h8-15,17,20,22,27,30-38,42-45H,4,7,16,18-19,21,23-26H2,1-3,5-6H3/b11-8-,14-13-,15-9-,17-10-,20-12-,28-22-/t30-,31+,32-,33-,34?,35+,36-,37+,38-,41+/m1/s1. The minimum absolute atomic E-state index is 0.00418. The van der Waals surface area contributed by atoms with Crippen LogP contribution in [0.2, 0.25) is 0 Å². The van der Waals surface area contributed by atoms with Crippen molar-refractivity contribution < 1.29 is 49.0 Å². The zero-order valence-electron chi connectivity index (χ0n) is 30.9. The first-order valence-corrected chi connectivity index (χ1v) is 18.2. The average molecular weight is 713 g/mol. The Bertz CT molecular complexity index is 1330. The first kappa shape index (κ1) is 42.3. The van der Waals surface area contributed by atoms with E-state index in [0.29, 0.717) is 44.1 Å². The van der Waals surface area contributed by atoms with Crippen LogP contribution in [0.3, 0.4) is 0 Å². The summed E-state index contributed by atoms with van der Waals surface area (Å²) >= 11 is 0. The zero-order valence-corrected chi connectivity index (χ0v) is 30.9. The maximum Gasteiger partial charge on any atom is 0.335 e. The fourth-order valence-electron chi connectivity index (χ4n) is 6.40. The lowest BCUT2D eigenvalue weighted by atomic mass is 9.73. The van der Waals surface area contributed by atoms with Crippen LogP contribution in [-0.2, 0) is 28.5 Å². The molecule has 4 N–H and O–H groups in total. The van der Waals surface area contributed by atoms with Crippen LogP contribution < -0.4 is 0 Å². The molecule has 3 aliphatic heterocycles. The second-order valence-electron chi connectivity index (χ2n) is 14.7. The number of allylic oxidation sites excluding steroid dienone is 6. The maximum atomic E-state index is 13.0. The molecular formula is C41H60O10. The summed E-state index contributed by atoms with van der Waals surface area (Å²) in [6, 6.07) is 0. The van der Waals surface area contributed by atoms with Gasteiger partial charge >= 0.3 is 11.9 Å². The van der Waals surface area contributed by atoms with E-state index in [2.05, 4.69) is 12.7 Å². The molecule has 0 spiro atoms. The molecule has 0 saturated carbocycles. The molecule has 0 radical (unpaired) electrons. The Morgan fingerprint density at radius 3 is 2.59 bits per heavy atom. The third kappa shape index (κ3) is 13.4. The zero-order chi connectivity index (χ0) is 37.6. The number of fused-ring (bicyclic) bond motifs is 4. The fourth-order valence-corrected chi connectivity index (χ4v) is 6.40. The van der Waals surface area contributed by atoms with Crippen LogP contribution >= 0.6 is 0 Å². The summed E-state index contributed by atoms with van der Waals surface area (Å²) in [5.74, 6) is -1.13. The summed E-state index contributed by atoms with van der Waals surface area (Å²) in [6.07, 6.45) is 18.4. The van der Waals surface area contributed by atoms with Gasteiger partial charge in [-0.25, -0.2) is 9.59 Å². The van der Waals surface area contributed by atoms with E-state index in [1.807, 2.05) is 65.0 Å². The van der Waals surface area contributed by atoms with Crippen LogP contribution in [-0.4, -0.2) is 94.4 Å². The van der Waals surface area contributed by atoms with Gasteiger partial charge < -0.3 is 39.4 Å². The van der Waals surface area contributed by atoms with Gasteiger partial charge in [0.2, 0.25) is 0 Å². The van der Waals surface area contributed by atoms with Crippen molar-refractivity contribution in [2.45, 2.75) is 128 Å². The number of rotatable bonds is 11. The Labute approximate surface area is 303 Å². The lowest BCUT2D eigenvalue weighted by Crippen LogP contribution is -2.55. The van der Waals surface area contributed by atoms with Crippen molar-refractivity contribution in [3.63, 3.8) is 0 Å². The number of esters is 2. The third-order valence-electron chi connectivity index (χ3n) is 9.86. The maximum absolute atomic E-state index is 13.0. The molecule has 1 unspecified atom stereocenters. The van der Waals surface area contributed by atoms with Gasteiger partial charge in [-0.3, -0.25) is 0 Å². The quantitative estimate of drug-likeness (QED) is 0.162. The van der Waals surface area contributed by atoms with E-state index in [0.717, 1.165) is 5.57 Å². The number of hydrogen-bond acceptors (Lipinski definition) is 10. The SMILES string of the molecule is C=C(COC(=O)[C@H](O)C/C=C\C[C@@H]1O[C@@H]2/C=C\C/C=C\C(C)=C/[C@H]3O[C@@H](C/C=C\C=C/C(=O)O[C@H](C2)[C@@]1(C)CO)C[C@H](O)[C@H]3C)C(O)CC(C)C. The Hall–Kier alpha value is -3.12. The number of ether oxygens (including phenoxy) is 4. The second kappa shape index (κ2) is 20.8. The van der Waals surface area contributed by atoms with E-state index in [9.17, 15) is 30.0 Å². The lowest BCUT2D eigenvalue weighted by Gasteiger charge is -2.47. The number of hydrogen-bond donors (Lipinski definition) is 4. The van der Waals surface area contributed by atoms with Crippen molar-refractivity contribution in [1.82, 2.24) is 0 Å². The minimum atomic E-state index is -1.40. The fraction of sp³-hybridized carbons (Fsp3) is 0.610. The highest BCUT2D eigenvalue weighted by atomic mass is 16.6. The molecule has 2 saturated heterocycles. The lowest BCUT2D eigenvalue weighted by molar-refractivity contribution is -0.198. The molecule has 4 bridgehead atoms. The summed E-state index contributed by atoms with van der Waals surface area (Å²) < 4.78 is 23.8. The van der Waals surface area contributed by atoms with Gasteiger partial charge in [0.15, 0.2) is 6.10 Å². The Morgan fingerprint density at radius 2 is 1.86 bits per heavy atom. The third-order valence-corrected chi connectivity index (χ3v) is 9.86. The molecule has 0 aromatic rings. The molecule has 10 heteroatoms. The Morgan fingerprint density at radius 1 is 1.10 bits per heavy atom. The van der Waals surface area contributed by atoms with Crippen LogP contribution in [0.5, 0.6) is 0 Å². The van der Waals surface area contributed by atoms with Crippen LogP contribution in [0.25, 0.3) is 0 Å². The topological polar surface area (TPSA) is 152 Å². The molecule has 2 fully saturated rings. The molecule has 3 aliphatic rings. The van der Waals surface area contributed by atoms with E-state index in [4.69, 9.17) is 18.9 Å². The van der Waals surface area contributed by atoms with Gasteiger partial charge in [0.05, 0.1) is 48.6 Å². The van der Waals surface area contributed by atoms with E-state index in [-0.39, 0.29) is 43.7 Å². The smallest absolute Gasteiger partial charge is 0.335 e. The van der Waals surface area contributed by atoms with E-state index >= 15 is 0 Å². The molecule has 0 aromatic carbocycles. The minimum Gasteiger partial charge on any atom is -0.459 e. The van der Waals surface area contributed by atoms with E-state index < -0.39 is 54.0 Å². The summed E-state index contributed by atoms with van der Waals surface area (Å²) in [5, 5.41) is 41.7. The van der Waals surface area contributed by atoms with Crippen molar-refractivity contribution in [3.8, 4) is 0 Å². The van der Waals surface area contributed by atoms with Gasteiger partial charge in [-0.05, 0) is 44.1 Å². The molecule has 10 atom stereocenters. The van der Waals surface area contributed by atoms with Gasteiger partial charge in [-0.1, -0.05) is 101 Å². The van der Waals surface area contributed by atoms with Crippen molar-refractivity contribution >= 4 is 11.9 Å². The highest BCUT2D eigenvalue weighted by Gasteiger charge is 2.49. The summed E-state index contributed by atoms with van der Waals surface area (Å²) in [6.45, 7) is 13.1. The number of carbonyl (C=O) groups is 2. The predicted molar refractivity (Wildman–Crippen MR) is 196 cm³/mol. The van der Waals surface area contributed by atoms with Crippen molar-refractivity contribution in [3.05, 3.63) is 84.6 Å². The van der Waals surface area contributed by atoms with Gasteiger partial charge in [-0.2, -0.15) is 0 Å². The predicted octanol–water partition coefficient (Wildman–Crippen LogP) is 5.38. The van der Waals surface area contributed by atoms with E-state index in [1.165, 1.54) is 6.08 Å². The van der Waals surface area contributed by atoms with Gasteiger partial charge in [0.1, 0.15) is 12.7 Å². The molecule has 0 amide bonds. The summed E-state index contributed by atoms with van der Waals surface area (Å²) in [4.78, 5) is 25.3. The number of aliphatic hydroxyl groups excluding tert-OH is 4. The molecule has 3 rings (SSSR count). The first-order valence-electron chi connectivity index (χ1n) is 18.2. The average Bonchev–Trinajstić information content (AvgIpc) is 3.07. The summed E-state index contributed by atoms with van der Waals surface area (Å²) in [5.41, 5.74) is 0.477. The van der Waals surface area contributed by atoms with Crippen LogP contribution in [0.15, 0.2) is 84.6 Å². The molecular weight excluding hydrogens is 652 g/mol. The molecule has 284 valence electrons. The van der Waals surface area contributed by atoms with Gasteiger partial charge in [0, 0.05) is 31.3 Å². The molecule has 0 aliphatic carbocycles. The van der Waals surface area contributed by atoms with Gasteiger partial charge in [0.25, 0.3) is 0 Å². The highest BCUT2D eigenvalue weighted by molar-refractivity contribution is 5.82. The molecule has 0 aromatic heterocycles. The van der Waals surface area contributed by atoms with Crippen molar-refractivity contribution in [1.29, 1.82) is 0 Å². The van der Waals surface area contributed by atoms with Crippen molar-refractivity contribution in [2.24, 2.45) is 17.3 Å². The van der Waals surface area contributed by atoms with Crippen LogP contribution in [0.1, 0.15) is 79.6 Å². The highest BCUT2D eigenvalue weighted by Crippen LogP contribution is 2.41. The van der Waals surface area contributed by atoms with E-state index in [1.54, 1.807) is 24.3 Å². The van der Waals surface area contributed by atoms with Crippen LogP contribution in [0, 0.1) is 17.3 Å². The van der Waals surface area contributed by atoms with Crippen LogP contribution in [0.4, 0.5) is 0 Å². The monoisotopic (exact) mass is 712 g/mol. The van der Waals surface area contributed by atoms with Gasteiger partial charge in [-0.15, -0.1) is 0 Å². The molecule has 51 heavy (non-hydrogen) atoms. The summed E-state index contributed by atoms with van der Waals surface area (Å²) in [7, 11) is 0. The normalized spacial score (nSPS) is 35.5. The second-order valence-corrected chi connectivity index (χ2v) is 14.7. The Kier molecular flexibility index (Phi) is 17.2. The molecule has 10 nitrogen and oxygen atoms in total. The molecule has 3 heterocycles. The van der Waals surface area contributed by atoms with Crippen molar-refractivity contribution in [2.75, 3.05) is 13.2 Å². The Balaban J connectivity index is 1.71.